The first-order valence-electron chi connectivity index (χ1n) is 12.3. The highest BCUT2D eigenvalue weighted by atomic mass is 16.2. The minimum absolute atomic E-state index is 0.0685. The lowest BCUT2D eigenvalue weighted by Crippen LogP contribution is -2.35. The zero-order valence-electron chi connectivity index (χ0n) is 21.9. The first kappa shape index (κ1) is 26.3. The largest absolute Gasteiger partial charge is 0.351 e. The van der Waals surface area contributed by atoms with Crippen LogP contribution in [0.25, 0.3) is 10.8 Å². The number of rotatable bonds is 7. The van der Waals surface area contributed by atoms with Crippen molar-refractivity contribution in [2.45, 2.75) is 59.5 Å². The van der Waals surface area contributed by atoms with Gasteiger partial charge in [0.2, 0.25) is 5.91 Å². The van der Waals surface area contributed by atoms with Gasteiger partial charge < -0.3 is 10.6 Å². The molecule has 3 aromatic rings. The van der Waals surface area contributed by atoms with E-state index in [0.717, 1.165) is 5.56 Å². The summed E-state index contributed by atoms with van der Waals surface area (Å²) >= 11 is 0. The summed E-state index contributed by atoms with van der Waals surface area (Å²) < 4.78 is 0. The van der Waals surface area contributed by atoms with E-state index in [1.165, 1.54) is 21.9 Å². The molecule has 0 aliphatic rings. The second-order valence-electron chi connectivity index (χ2n) is 10.6. The van der Waals surface area contributed by atoms with Crippen LogP contribution in [0.15, 0.2) is 78.9 Å². The second-order valence-corrected chi connectivity index (χ2v) is 10.6. The summed E-state index contributed by atoms with van der Waals surface area (Å²) in [6.07, 6.45) is 3.82. The molecular formula is C32H38N2O. The Morgan fingerprint density at radius 3 is 2.34 bits per heavy atom. The Hall–Kier alpha value is -3.35. The minimum atomic E-state index is -0.765. The number of allylic oxidation sites excluding steroid dienone is 1. The fourth-order valence-corrected chi connectivity index (χ4v) is 3.91. The molecule has 0 heterocycles. The van der Waals surface area contributed by atoms with Crippen LogP contribution in [0.5, 0.6) is 0 Å². The van der Waals surface area contributed by atoms with E-state index in [9.17, 15) is 4.79 Å². The van der Waals surface area contributed by atoms with Gasteiger partial charge in [0.25, 0.3) is 0 Å². The van der Waals surface area contributed by atoms with E-state index in [-0.39, 0.29) is 17.4 Å². The van der Waals surface area contributed by atoms with E-state index in [1.54, 1.807) is 0 Å². The molecule has 182 valence electrons. The molecule has 0 radical (unpaired) electrons. The third-order valence-electron chi connectivity index (χ3n) is 6.26. The first-order valence-corrected chi connectivity index (χ1v) is 12.3. The van der Waals surface area contributed by atoms with Crippen LogP contribution < -0.4 is 10.6 Å². The number of carbonyl (C=O) groups is 1. The highest BCUT2D eigenvalue weighted by molar-refractivity contribution is 5.86. The lowest BCUT2D eigenvalue weighted by molar-refractivity contribution is -0.126. The van der Waals surface area contributed by atoms with Gasteiger partial charge in [-0.3, -0.25) is 4.79 Å². The Morgan fingerprint density at radius 1 is 0.943 bits per heavy atom. The van der Waals surface area contributed by atoms with Gasteiger partial charge in [-0.05, 0) is 59.7 Å². The van der Waals surface area contributed by atoms with Crippen molar-refractivity contribution in [3.05, 3.63) is 95.6 Å². The molecule has 0 bridgehead atoms. The van der Waals surface area contributed by atoms with Gasteiger partial charge in [0.1, 0.15) is 5.41 Å². The molecule has 0 saturated heterocycles. The van der Waals surface area contributed by atoms with E-state index in [2.05, 4.69) is 117 Å². The van der Waals surface area contributed by atoms with Gasteiger partial charge in [-0.25, -0.2) is 0 Å². The van der Waals surface area contributed by atoms with Gasteiger partial charge in [-0.15, -0.1) is 0 Å². The van der Waals surface area contributed by atoms with Crippen molar-refractivity contribution in [3.63, 3.8) is 0 Å². The highest BCUT2D eigenvalue weighted by Gasteiger charge is 2.24. The molecule has 0 aromatic heterocycles. The van der Waals surface area contributed by atoms with E-state index < -0.39 is 5.41 Å². The quantitative estimate of drug-likeness (QED) is 0.381. The number of nitrogens with one attached hydrogen (secondary N) is 2. The molecule has 2 N–H and O–H groups in total. The molecule has 0 fully saturated rings. The number of hydrogen-bond acceptors (Lipinski definition) is 2. The number of fused-ring (bicyclic) bond motifs is 1. The average molecular weight is 467 g/mol. The molecule has 3 nitrogen and oxygen atoms in total. The Morgan fingerprint density at radius 2 is 1.63 bits per heavy atom. The number of hydrogen-bond donors (Lipinski definition) is 2. The second kappa shape index (κ2) is 11.4. The summed E-state index contributed by atoms with van der Waals surface area (Å²) in [5, 5.41) is 9.08. The number of benzene rings is 3. The van der Waals surface area contributed by atoms with Gasteiger partial charge in [0.15, 0.2) is 0 Å². The molecule has 3 aromatic carbocycles. The van der Waals surface area contributed by atoms with Gasteiger partial charge in [-0.2, -0.15) is 0 Å². The third-order valence-corrected chi connectivity index (χ3v) is 6.26. The lowest BCUT2D eigenvalue weighted by Gasteiger charge is -2.20. The Balaban J connectivity index is 1.48. The molecule has 3 rings (SSSR count). The van der Waals surface area contributed by atoms with Gasteiger partial charge >= 0.3 is 0 Å². The zero-order chi connectivity index (χ0) is 25.5. The summed E-state index contributed by atoms with van der Waals surface area (Å²) in [5.74, 6) is 6.06. The maximum absolute atomic E-state index is 12.7. The predicted octanol–water partition coefficient (Wildman–Crippen LogP) is 6.69. The van der Waals surface area contributed by atoms with E-state index >= 15 is 0 Å². The van der Waals surface area contributed by atoms with Crippen LogP contribution in [0.2, 0.25) is 0 Å². The zero-order valence-corrected chi connectivity index (χ0v) is 21.9. The fraction of sp³-hybridized carbons (Fsp3) is 0.344. The Labute approximate surface area is 211 Å². The monoisotopic (exact) mass is 466 g/mol. The van der Waals surface area contributed by atoms with Crippen LogP contribution in [0.3, 0.4) is 0 Å². The summed E-state index contributed by atoms with van der Waals surface area (Å²) in [7, 11) is 0. The smallest absolute Gasteiger partial charge is 0.237 e. The molecule has 0 spiro atoms. The van der Waals surface area contributed by atoms with Crippen LogP contribution >= 0.6 is 0 Å². The normalized spacial score (nSPS) is 12.9. The standard InChI is InChI=1S/C32H38N2O/c1-24(28-16-12-14-26-13-8-9-15-29(26)28)33-22-11-7-10-21-32(5,6)30(35)34-23-25-17-19-27(20-18-25)31(2,3)4/h7-9,11-20,24,33H,22-23H2,1-6H3,(H,34,35)/b11-7+/t24-/m1/s1. The molecule has 0 unspecified atom stereocenters. The highest BCUT2D eigenvalue weighted by Crippen LogP contribution is 2.24. The molecular weight excluding hydrogens is 428 g/mol. The summed E-state index contributed by atoms with van der Waals surface area (Å²) in [6, 6.07) is 23.5. The third kappa shape index (κ3) is 7.31. The molecule has 1 atom stereocenters. The van der Waals surface area contributed by atoms with Crippen LogP contribution in [0.4, 0.5) is 0 Å². The maximum atomic E-state index is 12.7. The van der Waals surface area contributed by atoms with Crippen LogP contribution in [-0.2, 0) is 16.8 Å². The van der Waals surface area contributed by atoms with Crippen molar-refractivity contribution in [1.82, 2.24) is 10.6 Å². The number of carbonyl (C=O) groups excluding carboxylic acids is 1. The molecule has 0 saturated carbocycles. The van der Waals surface area contributed by atoms with E-state index in [4.69, 9.17) is 0 Å². The summed E-state index contributed by atoms with van der Waals surface area (Å²) in [6.45, 7) is 13.7. The Kier molecular flexibility index (Phi) is 8.54. The lowest BCUT2D eigenvalue weighted by atomic mass is 9.87. The molecule has 1 amide bonds. The molecule has 0 aliphatic heterocycles. The number of amides is 1. The van der Waals surface area contributed by atoms with Crippen molar-refractivity contribution < 1.29 is 4.79 Å². The molecule has 35 heavy (non-hydrogen) atoms. The van der Waals surface area contributed by atoms with Crippen LogP contribution in [-0.4, -0.2) is 12.5 Å². The van der Waals surface area contributed by atoms with Crippen molar-refractivity contribution in [3.8, 4) is 11.8 Å². The van der Waals surface area contributed by atoms with Crippen molar-refractivity contribution >= 4 is 16.7 Å². The van der Waals surface area contributed by atoms with Crippen LogP contribution in [0.1, 0.15) is 64.3 Å². The van der Waals surface area contributed by atoms with Crippen LogP contribution in [0, 0.1) is 17.3 Å². The topological polar surface area (TPSA) is 41.1 Å². The van der Waals surface area contributed by atoms with Gasteiger partial charge in [0, 0.05) is 19.1 Å². The average Bonchev–Trinajstić information content (AvgIpc) is 2.83. The van der Waals surface area contributed by atoms with Gasteiger partial charge in [-0.1, -0.05) is 105 Å². The predicted molar refractivity (Wildman–Crippen MR) is 148 cm³/mol. The molecule has 0 aliphatic carbocycles. The first-order chi connectivity index (χ1) is 16.6. The summed E-state index contributed by atoms with van der Waals surface area (Å²) in [5.41, 5.74) is 3.01. The van der Waals surface area contributed by atoms with Crippen molar-refractivity contribution in [2.24, 2.45) is 5.41 Å². The van der Waals surface area contributed by atoms with Gasteiger partial charge in [0.05, 0.1) is 0 Å². The van der Waals surface area contributed by atoms with Crippen molar-refractivity contribution in [1.29, 1.82) is 0 Å². The van der Waals surface area contributed by atoms with Crippen molar-refractivity contribution in [2.75, 3.05) is 6.54 Å². The van der Waals surface area contributed by atoms with E-state index in [0.29, 0.717) is 13.1 Å². The fourth-order valence-electron chi connectivity index (χ4n) is 3.91. The molecule has 3 heteroatoms. The maximum Gasteiger partial charge on any atom is 0.237 e. The summed E-state index contributed by atoms with van der Waals surface area (Å²) in [4.78, 5) is 12.7. The minimum Gasteiger partial charge on any atom is -0.351 e. The SMILES string of the molecule is C[C@@H](NC/C=C/C#CC(C)(C)C(=O)NCc1ccc(C(C)(C)C)cc1)c1cccc2ccccc12. The van der Waals surface area contributed by atoms with E-state index in [1.807, 2.05) is 26.0 Å². The Bertz CT molecular complexity index is 1230.